The van der Waals surface area contributed by atoms with Crippen LogP contribution in [0.5, 0.6) is 5.75 Å². The van der Waals surface area contributed by atoms with E-state index in [9.17, 15) is 0 Å². The van der Waals surface area contributed by atoms with E-state index in [1.54, 1.807) is 7.11 Å². The largest absolute Gasteiger partial charge is 0.496 e. The van der Waals surface area contributed by atoms with Crippen LogP contribution in [0.2, 0.25) is 0 Å². The Morgan fingerprint density at radius 2 is 1.97 bits per heavy atom. The van der Waals surface area contributed by atoms with Gasteiger partial charge in [-0.15, -0.1) is 0 Å². The number of benzene rings is 1. The van der Waals surface area contributed by atoms with Gasteiger partial charge in [-0.25, -0.2) is 9.98 Å². The average Bonchev–Trinajstić information content (AvgIpc) is 2.79. The van der Waals surface area contributed by atoms with Gasteiger partial charge in [0.05, 0.1) is 13.7 Å². The number of nitrogens with one attached hydrogen (secondary N) is 2. The van der Waals surface area contributed by atoms with Crippen LogP contribution in [0.4, 0.5) is 5.82 Å². The van der Waals surface area contributed by atoms with Crippen LogP contribution in [-0.2, 0) is 13.0 Å². The minimum absolute atomic E-state index is 0.605. The lowest BCUT2D eigenvalue weighted by molar-refractivity contribution is 0.409. The normalized spacial score (nSPS) is 15.2. The van der Waals surface area contributed by atoms with Crippen LogP contribution in [0, 0.1) is 5.92 Å². The van der Waals surface area contributed by atoms with Crippen molar-refractivity contribution in [3.8, 4) is 5.75 Å². The van der Waals surface area contributed by atoms with E-state index in [1.807, 2.05) is 24.4 Å². The number of aliphatic imine (C=N–C) groups is 1. The lowest BCUT2D eigenvalue weighted by Gasteiger charge is -2.31. The van der Waals surface area contributed by atoms with Gasteiger partial charge in [0.15, 0.2) is 5.96 Å². The summed E-state index contributed by atoms with van der Waals surface area (Å²) < 4.78 is 5.43. The Labute approximate surface area is 180 Å². The van der Waals surface area contributed by atoms with Crippen molar-refractivity contribution >= 4 is 11.8 Å². The Kier molecular flexibility index (Phi) is 8.36. The summed E-state index contributed by atoms with van der Waals surface area (Å²) in [6.07, 6.45) is 5.33. The van der Waals surface area contributed by atoms with E-state index in [1.165, 1.54) is 18.4 Å². The molecule has 3 rings (SSSR count). The Balaban J connectivity index is 1.52. The van der Waals surface area contributed by atoms with Gasteiger partial charge in [-0.05, 0) is 55.4 Å². The fourth-order valence-corrected chi connectivity index (χ4v) is 3.67. The molecule has 0 saturated carbocycles. The van der Waals surface area contributed by atoms with E-state index >= 15 is 0 Å². The summed E-state index contributed by atoms with van der Waals surface area (Å²) in [6.45, 7) is 8.83. The maximum absolute atomic E-state index is 5.43. The molecule has 6 heteroatoms. The summed E-state index contributed by atoms with van der Waals surface area (Å²) in [7, 11) is 1.71. The standard InChI is InChI=1S/C24H35N5O/c1-4-25-24(26-14-11-21-7-5-6-8-22(21)30-3)28-18-20-9-10-23(27-17-20)29-15-12-19(2)13-16-29/h5-10,17,19H,4,11-16,18H2,1-3H3,(H2,25,26,28). The van der Waals surface area contributed by atoms with Gasteiger partial charge in [-0.1, -0.05) is 31.2 Å². The average molecular weight is 410 g/mol. The molecule has 1 saturated heterocycles. The Hall–Kier alpha value is -2.76. The molecule has 0 unspecified atom stereocenters. The predicted molar refractivity (Wildman–Crippen MR) is 124 cm³/mol. The molecule has 0 spiro atoms. The summed E-state index contributed by atoms with van der Waals surface area (Å²) in [6, 6.07) is 12.4. The summed E-state index contributed by atoms with van der Waals surface area (Å²) in [5.41, 5.74) is 2.31. The molecule has 1 fully saturated rings. The lowest BCUT2D eigenvalue weighted by atomic mass is 9.99. The molecule has 2 N–H and O–H groups in total. The molecule has 30 heavy (non-hydrogen) atoms. The Morgan fingerprint density at radius 3 is 2.67 bits per heavy atom. The number of aromatic nitrogens is 1. The van der Waals surface area contributed by atoms with Crippen LogP contribution < -0.4 is 20.3 Å². The highest BCUT2D eigenvalue weighted by Crippen LogP contribution is 2.21. The predicted octanol–water partition coefficient (Wildman–Crippen LogP) is 3.62. The zero-order chi connectivity index (χ0) is 21.2. The highest BCUT2D eigenvalue weighted by Gasteiger charge is 2.16. The number of pyridine rings is 1. The van der Waals surface area contributed by atoms with Crippen molar-refractivity contribution < 1.29 is 4.74 Å². The second-order valence-corrected chi connectivity index (χ2v) is 7.88. The molecule has 1 aromatic carbocycles. The number of hydrogen-bond donors (Lipinski definition) is 2. The second-order valence-electron chi connectivity index (χ2n) is 7.88. The maximum atomic E-state index is 5.43. The monoisotopic (exact) mass is 409 g/mol. The van der Waals surface area contributed by atoms with Crippen LogP contribution >= 0.6 is 0 Å². The molecule has 6 nitrogen and oxygen atoms in total. The van der Waals surface area contributed by atoms with Crippen molar-refractivity contribution in [3.05, 3.63) is 53.7 Å². The molecular formula is C24H35N5O. The Bertz CT molecular complexity index is 797. The molecule has 0 bridgehead atoms. The van der Waals surface area contributed by atoms with Gasteiger partial charge >= 0.3 is 0 Å². The van der Waals surface area contributed by atoms with Crippen molar-refractivity contribution in [1.82, 2.24) is 15.6 Å². The molecule has 2 heterocycles. The first-order valence-corrected chi connectivity index (χ1v) is 11.0. The molecule has 2 aromatic rings. The van der Waals surface area contributed by atoms with Crippen molar-refractivity contribution in [2.24, 2.45) is 10.9 Å². The first kappa shape index (κ1) is 21.9. The van der Waals surface area contributed by atoms with Crippen molar-refractivity contribution in [1.29, 1.82) is 0 Å². The quantitative estimate of drug-likeness (QED) is 0.515. The van der Waals surface area contributed by atoms with E-state index in [2.05, 4.69) is 52.6 Å². The van der Waals surface area contributed by atoms with Crippen LogP contribution in [-0.4, -0.2) is 44.2 Å². The molecule has 1 aromatic heterocycles. The number of ether oxygens (including phenoxy) is 1. The smallest absolute Gasteiger partial charge is 0.191 e. The minimum atomic E-state index is 0.605. The summed E-state index contributed by atoms with van der Waals surface area (Å²) >= 11 is 0. The third-order valence-corrected chi connectivity index (χ3v) is 5.56. The lowest BCUT2D eigenvalue weighted by Crippen LogP contribution is -2.38. The van der Waals surface area contributed by atoms with Gasteiger partial charge in [0, 0.05) is 32.4 Å². The molecule has 0 aliphatic carbocycles. The molecule has 162 valence electrons. The van der Waals surface area contributed by atoms with E-state index in [4.69, 9.17) is 9.73 Å². The number of piperidine rings is 1. The third kappa shape index (κ3) is 6.37. The number of anilines is 1. The maximum Gasteiger partial charge on any atom is 0.191 e. The minimum Gasteiger partial charge on any atom is -0.496 e. The zero-order valence-electron chi connectivity index (χ0n) is 18.5. The van der Waals surface area contributed by atoms with Gasteiger partial charge in [-0.2, -0.15) is 0 Å². The number of guanidine groups is 1. The van der Waals surface area contributed by atoms with E-state index in [0.29, 0.717) is 6.54 Å². The third-order valence-electron chi connectivity index (χ3n) is 5.56. The molecule has 1 aliphatic heterocycles. The van der Waals surface area contributed by atoms with Crippen LogP contribution in [0.1, 0.15) is 37.8 Å². The van der Waals surface area contributed by atoms with Crippen molar-refractivity contribution in [2.75, 3.05) is 38.2 Å². The van der Waals surface area contributed by atoms with E-state index in [-0.39, 0.29) is 0 Å². The summed E-state index contributed by atoms with van der Waals surface area (Å²) in [5.74, 6) is 3.66. The van der Waals surface area contributed by atoms with Crippen LogP contribution in [0.15, 0.2) is 47.6 Å². The summed E-state index contributed by atoms with van der Waals surface area (Å²) in [4.78, 5) is 11.8. The Morgan fingerprint density at radius 1 is 1.17 bits per heavy atom. The zero-order valence-corrected chi connectivity index (χ0v) is 18.5. The molecule has 0 atom stereocenters. The highest BCUT2D eigenvalue weighted by atomic mass is 16.5. The summed E-state index contributed by atoms with van der Waals surface area (Å²) in [5, 5.41) is 6.73. The first-order valence-electron chi connectivity index (χ1n) is 11.0. The number of para-hydroxylation sites is 1. The fourth-order valence-electron chi connectivity index (χ4n) is 3.67. The molecule has 0 radical (unpaired) electrons. The molecule has 0 amide bonds. The van der Waals surface area contributed by atoms with E-state index in [0.717, 1.165) is 61.6 Å². The van der Waals surface area contributed by atoms with Gasteiger partial charge in [0.2, 0.25) is 0 Å². The fraction of sp³-hybridized carbons (Fsp3) is 0.500. The van der Waals surface area contributed by atoms with Gasteiger partial charge in [0.1, 0.15) is 11.6 Å². The molecular weight excluding hydrogens is 374 g/mol. The van der Waals surface area contributed by atoms with Crippen molar-refractivity contribution in [3.63, 3.8) is 0 Å². The van der Waals surface area contributed by atoms with Gasteiger partial charge in [-0.3, -0.25) is 0 Å². The van der Waals surface area contributed by atoms with Gasteiger partial charge < -0.3 is 20.3 Å². The number of rotatable bonds is 8. The van der Waals surface area contributed by atoms with Crippen LogP contribution in [0.25, 0.3) is 0 Å². The molecule has 1 aliphatic rings. The van der Waals surface area contributed by atoms with Gasteiger partial charge in [0.25, 0.3) is 0 Å². The number of methoxy groups -OCH3 is 1. The van der Waals surface area contributed by atoms with Crippen molar-refractivity contribution in [2.45, 2.75) is 39.7 Å². The topological polar surface area (TPSA) is 61.8 Å². The van der Waals surface area contributed by atoms with Crippen LogP contribution in [0.3, 0.4) is 0 Å². The number of nitrogens with zero attached hydrogens (tertiary/aromatic N) is 3. The number of hydrogen-bond acceptors (Lipinski definition) is 4. The highest BCUT2D eigenvalue weighted by molar-refractivity contribution is 5.79. The first-order chi connectivity index (χ1) is 14.7. The second kappa shape index (κ2) is 11.4. The van der Waals surface area contributed by atoms with E-state index < -0.39 is 0 Å². The SMILES string of the molecule is CCNC(=NCc1ccc(N2CCC(C)CC2)nc1)NCCc1ccccc1OC.